The van der Waals surface area contributed by atoms with Crippen molar-refractivity contribution in [3.8, 4) is 11.1 Å². The summed E-state index contributed by atoms with van der Waals surface area (Å²) in [5, 5.41) is 2.94. The van der Waals surface area contributed by atoms with Gasteiger partial charge in [0.1, 0.15) is 6.04 Å². The molecule has 5 rings (SSSR count). The van der Waals surface area contributed by atoms with Crippen molar-refractivity contribution in [2.75, 3.05) is 5.32 Å². The van der Waals surface area contributed by atoms with E-state index in [1.807, 2.05) is 36.4 Å². The van der Waals surface area contributed by atoms with E-state index in [0.29, 0.717) is 11.1 Å². The number of anilines is 1. The smallest absolute Gasteiger partial charge is 0.408 e. The van der Waals surface area contributed by atoms with Gasteiger partial charge in [0.2, 0.25) is 5.91 Å². The Balaban J connectivity index is 1.42. The van der Waals surface area contributed by atoms with Gasteiger partial charge >= 0.3 is 5.76 Å². The molecule has 0 spiro atoms. The summed E-state index contributed by atoms with van der Waals surface area (Å²) in [4.78, 5) is 25.0. The highest BCUT2D eigenvalue weighted by Crippen LogP contribution is 2.37. The second-order valence-corrected chi connectivity index (χ2v) is 7.08. The van der Waals surface area contributed by atoms with Crippen LogP contribution in [0, 0.1) is 0 Å². The number of oxazole rings is 1. The van der Waals surface area contributed by atoms with E-state index in [1.165, 1.54) is 26.8 Å². The minimum Gasteiger partial charge on any atom is -0.408 e. The number of nitrogens with one attached hydrogen (secondary N) is 1. The number of hydrogen-bond donors (Lipinski definition) is 1. The Bertz CT molecular complexity index is 1280. The lowest BCUT2D eigenvalue weighted by Gasteiger charge is -2.14. The van der Waals surface area contributed by atoms with Gasteiger partial charge in [-0.1, -0.05) is 42.5 Å². The molecule has 0 saturated carbocycles. The molecule has 1 aliphatic carbocycles. The van der Waals surface area contributed by atoms with E-state index in [4.69, 9.17) is 4.42 Å². The summed E-state index contributed by atoms with van der Waals surface area (Å²) in [7, 11) is 0. The average Bonchev–Trinajstić information content (AvgIpc) is 3.23. The minimum atomic E-state index is -0.693. The summed E-state index contributed by atoms with van der Waals surface area (Å²) < 4.78 is 6.63. The molecule has 0 fully saturated rings. The quantitative estimate of drug-likeness (QED) is 0.513. The van der Waals surface area contributed by atoms with Gasteiger partial charge in [0.15, 0.2) is 5.58 Å². The van der Waals surface area contributed by atoms with Crippen LogP contribution in [-0.2, 0) is 11.2 Å². The molecule has 1 atom stereocenters. The molecular formula is C23H18N2O3. The van der Waals surface area contributed by atoms with Crippen molar-refractivity contribution in [1.29, 1.82) is 0 Å². The largest absolute Gasteiger partial charge is 0.420 e. The molecule has 3 aromatic carbocycles. The van der Waals surface area contributed by atoms with Crippen LogP contribution < -0.4 is 11.1 Å². The fraction of sp³-hybridized carbons (Fsp3) is 0.130. The van der Waals surface area contributed by atoms with E-state index in [1.54, 1.807) is 25.1 Å². The molecule has 0 saturated heterocycles. The predicted molar refractivity (Wildman–Crippen MR) is 108 cm³/mol. The number of fused-ring (bicyclic) bond motifs is 4. The number of hydrogen-bond acceptors (Lipinski definition) is 3. The maximum Gasteiger partial charge on any atom is 0.420 e. The van der Waals surface area contributed by atoms with Gasteiger partial charge in [-0.15, -0.1) is 0 Å². The van der Waals surface area contributed by atoms with E-state index in [2.05, 4.69) is 17.4 Å². The van der Waals surface area contributed by atoms with E-state index >= 15 is 0 Å². The molecule has 0 radical (unpaired) electrons. The first kappa shape index (κ1) is 16.6. The molecule has 1 amide bonds. The number of carbonyl (C=O) groups is 1. The fourth-order valence-electron chi connectivity index (χ4n) is 3.94. The molecule has 5 heteroatoms. The lowest BCUT2D eigenvalue weighted by atomic mass is 10.1. The van der Waals surface area contributed by atoms with Crippen LogP contribution >= 0.6 is 0 Å². The Kier molecular flexibility index (Phi) is 3.69. The van der Waals surface area contributed by atoms with Crippen molar-refractivity contribution in [3.05, 3.63) is 88.4 Å². The van der Waals surface area contributed by atoms with E-state index in [9.17, 15) is 9.59 Å². The SMILES string of the molecule is CC(C(=O)Nc1ccc2c(c1)Cc1ccccc1-2)n1c(=O)oc2ccccc21. The monoisotopic (exact) mass is 370 g/mol. The first-order chi connectivity index (χ1) is 13.6. The van der Waals surface area contributed by atoms with Crippen LogP contribution in [0.3, 0.4) is 0 Å². The second-order valence-electron chi connectivity index (χ2n) is 7.08. The lowest BCUT2D eigenvalue weighted by molar-refractivity contribution is -0.118. The molecule has 4 aromatic rings. The number of carbonyl (C=O) groups excluding carboxylic acids is 1. The van der Waals surface area contributed by atoms with Gasteiger partial charge in [0.25, 0.3) is 0 Å². The number of benzene rings is 3. The van der Waals surface area contributed by atoms with Crippen molar-refractivity contribution in [3.63, 3.8) is 0 Å². The molecule has 1 heterocycles. The normalized spacial score (nSPS) is 13.2. The van der Waals surface area contributed by atoms with E-state index in [0.717, 1.165) is 12.1 Å². The third-order valence-corrected chi connectivity index (χ3v) is 5.35. The number of amides is 1. The summed E-state index contributed by atoms with van der Waals surface area (Å²) in [6.45, 7) is 1.70. The van der Waals surface area contributed by atoms with Crippen LogP contribution in [-0.4, -0.2) is 10.5 Å². The Hall–Kier alpha value is -3.60. The molecule has 1 N–H and O–H groups in total. The number of nitrogens with zero attached hydrogens (tertiary/aromatic N) is 1. The first-order valence-electron chi connectivity index (χ1n) is 9.24. The predicted octanol–water partition coefficient (Wildman–Crippen LogP) is 4.37. The number of aromatic nitrogens is 1. The Morgan fingerprint density at radius 2 is 1.75 bits per heavy atom. The van der Waals surface area contributed by atoms with Crippen LogP contribution in [0.5, 0.6) is 0 Å². The van der Waals surface area contributed by atoms with E-state index in [-0.39, 0.29) is 5.91 Å². The molecule has 28 heavy (non-hydrogen) atoms. The lowest BCUT2D eigenvalue weighted by Crippen LogP contribution is -2.29. The average molecular weight is 370 g/mol. The third-order valence-electron chi connectivity index (χ3n) is 5.35. The molecule has 1 aliphatic rings. The molecule has 0 aliphatic heterocycles. The highest BCUT2D eigenvalue weighted by atomic mass is 16.4. The summed E-state index contributed by atoms with van der Waals surface area (Å²) in [6.07, 6.45) is 0.858. The highest BCUT2D eigenvalue weighted by molar-refractivity contribution is 5.95. The molecule has 138 valence electrons. The topological polar surface area (TPSA) is 64.2 Å². The van der Waals surface area contributed by atoms with Crippen LogP contribution in [0.15, 0.2) is 75.9 Å². The summed E-state index contributed by atoms with van der Waals surface area (Å²) >= 11 is 0. The zero-order chi connectivity index (χ0) is 19.3. The molecule has 1 unspecified atom stereocenters. The van der Waals surface area contributed by atoms with Crippen molar-refractivity contribution >= 4 is 22.7 Å². The zero-order valence-corrected chi connectivity index (χ0v) is 15.3. The van der Waals surface area contributed by atoms with Gasteiger partial charge < -0.3 is 9.73 Å². The number of rotatable bonds is 3. The maximum atomic E-state index is 12.8. The summed E-state index contributed by atoms with van der Waals surface area (Å²) in [5.74, 6) is -0.794. The molecule has 5 nitrogen and oxygen atoms in total. The summed E-state index contributed by atoms with van der Waals surface area (Å²) in [5.41, 5.74) is 6.76. The van der Waals surface area contributed by atoms with E-state index < -0.39 is 11.8 Å². The van der Waals surface area contributed by atoms with Crippen LogP contribution in [0.2, 0.25) is 0 Å². The van der Waals surface area contributed by atoms with Crippen molar-refractivity contribution in [2.45, 2.75) is 19.4 Å². The second kappa shape index (κ2) is 6.23. The molecular weight excluding hydrogens is 352 g/mol. The van der Waals surface area contributed by atoms with Crippen molar-refractivity contribution in [1.82, 2.24) is 4.57 Å². The van der Waals surface area contributed by atoms with Crippen LogP contribution in [0.25, 0.3) is 22.2 Å². The van der Waals surface area contributed by atoms with Gasteiger partial charge in [0, 0.05) is 5.69 Å². The Labute approximate surface area is 161 Å². The van der Waals surface area contributed by atoms with Crippen molar-refractivity contribution in [2.24, 2.45) is 0 Å². The standard InChI is InChI=1S/C23H18N2O3/c1-14(25-20-8-4-5-9-21(20)28-23(25)27)22(26)24-17-10-11-19-16(13-17)12-15-6-2-3-7-18(15)19/h2-11,13-14H,12H2,1H3,(H,24,26). The molecule has 1 aromatic heterocycles. The highest BCUT2D eigenvalue weighted by Gasteiger charge is 2.22. The van der Waals surface area contributed by atoms with Crippen LogP contribution in [0.4, 0.5) is 5.69 Å². The first-order valence-corrected chi connectivity index (χ1v) is 9.24. The van der Waals surface area contributed by atoms with Gasteiger partial charge in [-0.3, -0.25) is 9.36 Å². The van der Waals surface area contributed by atoms with Gasteiger partial charge in [-0.25, -0.2) is 4.79 Å². The number of para-hydroxylation sites is 2. The maximum absolute atomic E-state index is 12.8. The third kappa shape index (κ3) is 2.55. The Morgan fingerprint density at radius 3 is 2.64 bits per heavy atom. The van der Waals surface area contributed by atoms with Gasteiger partial charge in [-0.05, 0) is 59.9 Å². The zero-order valence-electron chi connectivity index (χ0n) is 15.3. The van der Waals surface area contributed by atoms with Gasteiger partial charge in [0.05, 0.1) is 5.52 Å². The van der Waals surface area contributed by atoms with Crippen LogP contribution in [0.1, 0.15) is 24.1 Å². The molecule has 0 bridgehead atoms. The summed E-state index contributed by atoms with van der Waals surface area (Å²) in [6, 6.07) is 20.7. The van der Waals surface area contributed by atoms with Gasteiger partial charge in [-0.2, -0.15) is 0 Å². The van der Waals surface area contributed by atoms with Crippen molar-refractivity contribution < 1.29 is 9.21 Å². The Morgan fingerprint density at radius 1 is 1.00 bits per heavy atom. The fourth-order valence-corrected chi connectivity index (χ4v) is 3.94. The minimum absolute atomic E-state index is 0.260.